The van der Waals surface area contributed by atoms with Crippen LogP contribution < -0.4 is 10.1 Å². The zero-order valence-electron chi connectivity index (χ0n) is 18.8. The van der Waals surface area contributed by atoms with Crippen molar-refractivity contribution in [3.63, 3.8) is 0 Å². The quantitative estimate of drug-likeness (QED) is 0.486. The van der Waals surface area contributed by atoms with Crippen molar-refractivity contribution < 1.29 is 9.53 Å². The van der Waals surface area contributed by atoms with Gasteiger partial charge in [-0.05, 0) is 42.5 Å². The van der Waals surface area contributed by atoms with E-state index >= 15 is 0 Å². The summed E-state index contributed by atoms with van der Waals surface area (Å²) in [6, 6.07) is 16.1. The minimum Gasteiger partial charge on any atom is -0.485 e. The predicted octanol–water partition coefficient (Wildman–Crippen LogP) is 4.80. The molecule has 0 aliphatic carbocycles. The molecule has 3 rings (SSSR count). The molecule has 164 valence electrons. The van der Waals surface area contributed by atoms with Crippen LogP contribution in [0.1, 0.15) is 55.2 Å². The second-order valence-electron chi connectivity index (χ2n) is 7.93. The number of hydrogen-bond donors (Lipinski definition) is 1. The van der Waals surface area contributed by atoms with Crippen molar-refractivity contribution in [1.29, 1.82) is 0 Å². The van der Waals surface area contributed by atoms with E-state index in [4.69, 9.17) is 4.74 Å². The van der Waals surface area contributed by atoms with Crippen LogP contribution in [-0.2, 0) is 18.4 Å². The molecule has 0 spiro atoms. The third-order valence-electron chi connectivity index (χ3n) is 5.08. The summed E-state index contributed by atoms with van der Waals surface area (Å²) in [5.74, 6) is 2.21. The largest absolute Gasteiger partial charge is 0.485 e. The molecule has 0 fully saturated rings. The first-order valence-electron chi connectivity index (χ1n) is 10.4. The van der Waals surface area contributed by atoms with E-state index in [1.165, 1.54) is 17.3 Å². The van der Waals surface area contributed by atoms with Gasteiger partial charge in [-0.3, -0.25) is 4.79 Å². The Morgan fingerprint density at radius 3 is 2.58 bits per heavy atom. The monoisotopic (exact) mass is 438 g/mol. The molecule has 1 amide bonds. The molecule has 3 aromatic rings. The summed E-state index contributed by atoms with van der Waals surface area (Å²) in [7, 11) is 1.89. The Balaban J connectivity index is 1.56. The van der Waals surface area contributed by atoms with Gasteiger partial charge in [0.1, 0.15) is 12.4 Å². The minimum absolute atomic E-state index is 0.0384. The maximum absolute atomic E-state index is 12.3. The average Bonchev–Trinajstić information content (AvgIpc) is 3.10. The highest BCUT2D eigenvalue weighted by molar-refractivity contribution is 7.99. The summed E-state index contributed by atoms with van der Waals surface area (Å²) in [5, 5.41) is 12.2. The SMILES string of the molecule is Cc1ccc(C(C)C)c(OCc2nnc(SCC(=O)N[C@H](C)c3ccccc3)n2C)c1. The van der Waals surface area contributed by atoms with E-state index in [9.17, 15) is 4.79 Å². The number of aromatic nitrogens is 3. The van der Waals surface area contributed by atoms with E-state index in [0.717, 1.165) is 22.7 Å². The third kappa shape index (κ3) is 6.10. The van der Waals surface area contributed by atoms with E-state index in [0.29, 0.717) is 17.7 Å². The lowest BCUT2D eigenvalue weighted by molar-refractivity contribution is -0.119. The summed E-state index contributed by atoms with van der Waals surface area (Å²) in [6.07, 6.45) is 0. The molecule has 0 unspecified atom stereocenters. The van der Waals surface area contributed by atoms with E-state index in [1.807, 2.05) is 48.9 Å². The van der Waals surface area contributed by atoms with Gasteiger partial charge in [-0.25, -0.2) is 0 Å². The maximum Gasteiger partial charge on any atom is 0.230 e. The zero-order valence-corrected chi connectivity index (χ0v) is 19.6. The molecule has 2 aromatic carbocycles. The zero-order chi connectivity index (χ0) is 22.4. The van der Waals surface area contributed by atoms with Crippen LogP contribution in [-0.4, -0.2) is 26.4 Å². The maximum atomic E-state index is 12.3. The van der Waals surface area contributed by atoms with E-state index in [2.05, 4.69) is 54.5 Å². The van der Waals surface area contributed by atoms with Crippen LogP contribution in [0.2, 0.25) is 0 Å². The summed E-state index contributed by atoms with van der Waals surface area (Å²) >= 11 is 1.37. The number of benzene rings is 2. The lowest BCUT2D eigenvalue weighted by Crippen LogP contribution is -2.28. The van der Waals surface area contributed by atoms with E-state index in [-0.39, 0.29) is 17.7 Å². The molecule has 1 heterocycles. The minimum atomic E-state index is -0.0396. The highest BCUT2D eigenvalue weighted by atomic mass is 32.2. The lowest BCUT2D eigenvalue weighted by atomic mass is 10.0. The predicted molar refractivity (Wildman–Crippen MR) is 124 cm³/mol. The topological polar surface area (TPSA) is 69.0 Å². The first kappa shape index (κ1) is 22.9. The average molecular weight is 439 g/mol. The number of ether oxygens (including phenoxy) is 1. The Hall–Kier alpha value is -2.80. The Labute approximate surface area is 188 Å². The second-order valence-corrected chi connectivity index (χ2v) is 8.87. The smallest absolute Gasteiger partial charge is 0.230 e. The van der Waals surface area contributed by atoms with Crippen molar-refractivity contribution in [1.82, 2.24) is 20.1 Å². The Kier molecular flexibility index (Phi) is 7.74. The molecule has 0 saturated heterocycles. The van der Waals surface area contributed by atoms with Gasteiger partial charge in [0, 0.05) is 7.05 Å². The number of nitrogens with one attached hydrogen (secondary N) is 1. The fraction of sp³-hybridized carbons (Fsp3) is 0.375. The van der Waals surface area contributed by atoms with Crippen LogP contribution in [0, 0.1) is 6.92 Å². The van der Waals surface area contributed by atoms with Gasteiger partial charge in [0.05, 0.1) is 11.8 Å². The summed E-state index contributed by atoms with van der Waals surface area (Å²) in [4.78, 5) is 12.3. The van der Waals surface area contributed by atoms with Crippen molar-refractivity contribution in [3.05, 3.63) is 71.0 Å². The van der Waals surface area contributed by atoms with Gasteiger partial charge >= 0.3 is 0 Å². The molecular formula is C24H30N4O2S. The summed E-state index contributed by atoms with van der Waals surface area (Å²) < 4.78 is 7.95. The van der Waals surface area contributed by atoms with E-state index < -0.39 is 0 Å². The number of carbonyl (C=O) groups excluding carboxylic acids is 1. The molecular weight excluding hydrogens is 408 g/mol. The molecule has 7 heteroatoms. The number of rotatable bonds is 9. The molecule has 0 saturated carbocycles. The van der Waals surface area contributed by atoms with Crippen LogP contribution >= 0.6 is 11.8 Å². The van der Waals surface area contributed by atoms with Gasteiger partial charge in [-0.15, -0.1) is 10.2 Å². The van der Waals surface area contributed by atoms with Gasteiger partial charge < -0.3 is 14.6 Å². The number of nitrogens with zero attached hydrogens (tertiary/aromatic N) is 3. The van der Waals surface area contributed by atoms with Crippen LogP contribution in [0.4, 0.5) is 0 Å². The number of aryl methyl sites for hydroxylation is 1. The number of hydrogen-bond acceptors (Lipinski definition) is 5. The summed E-state index contributed by atoms with van der Waals surface area (Å²) in [5.41, 5.74) is 3.41. The lowest BCUT2D eigenvalue weighted by Gasteiger charge is -2.15. The molecule has 1 atom stereocenters. The van der Waals surface area contributed by atoms with Crippen molar-refractivity contribution in [2.75, 3.05) is 5.75 Å². The van der Waals surface area contributed by atoms with Crippen LogP contribution in [0.25, 0.3) is 0 Å². The normalized spacial score (nSPS) is 12.1. The Morgan fingerprint density at radius 2 is 1.87 bits per heavy atom. The van der Waals surface area contributed by atoms with E-state index in [1.54, 1.807) is 0 Å². The number of thioether (sulfide) groups is 1. The standard InChI is InChI=1S/C24H30N4O2S/c1-16(2)20-12-11-17(3)13-21(20)30-14-22-26-27-24(28(22)5)31-15-23(29)25-18(4)19-9-7-6-8-10-19/h6-13,16,18H,14-15H2,1-5H3,(H,25,29)/t18-/m1/s1. The molecule has 6 nitrogen and oxygen atoms in total. The van der Waals surface area contributed by atoms with Crippen molar-refractivity contribution in [2.45, 2.75) is 51.4 Å². The van der Waals surface area contributed by atoms with Crippen molar-refractivity contribution in [2.24, 2.45) is 7.05 Å². The first-order valence-corrected chi connectivity index (χ1v) is 11.4. The van der Waals surface area contributed by atoms with Crippen LogP contribution in [0.3, 0.4) is 0 Å². The van der Waals surface area contributed by atoms with Gasteiger partial charge in [-0.2, -0.15) is 0 Å². The Morgan fingerprint density at radius 1 is 1.13 bits per heavy atom. The first-order chi connectivity index (χ1) is 14.8. The van der Waals surface area contributed by atoms with Gasteiger partial charge in [0.15, 0.2) is 11.0 Å². The van der Waals surface area contributed by atoms with Crippen LogP contribution in [0.5, 0.6) is 5.75 Å². The molecule has 1 aromatic heterocycles. The molecule has 1 N–H and O–H groups in total. The summed E-state index contributed by atoms with van der Waals surface area (Å²) in [6.45, 7) is 8.66. The molecule has 0 aliphatic rings. The fourth-order valence-electron chi connectivity index (χ4n) is 3.22. The van der Waals surface area contributed by atoms with Crippen molar-refractivity contribution in [3.8, 4) is 5.75 Å². The highest BCUT2D eigenvalue weighted by Gasteiger charge is 2.15. The molecule has 0 bridgehead atoms. The highest BCUT2D eigenvalue weighted by Crippen LogP contribution is 2.28. The Bertz CT molecular complexity index is 1020. The number of carbonyl (C=O) groups is 1. The second kappa shape index (κ2) is 10.5. The molecule has 0 aliphatic heterocycles. The van der Waals surface area contributed by atoms with Crippen LogP contribution in [0.15, 0.2) is 53.7 Å². The molecule has 31 heavy (non-hydrogen) atoms. The van der Waals surface area contributed by atoms with Gasteiger partial charge in [-0.1, -0.05) is 68.1 Å². The van der Waals surface area contributed by atoms with Crippen molar-refractivity contribution >= 4 is 17.7 Å². The number of amides is 1. The third-order valence-corrected chi connectivity index (χ3v) is 6.10. The molecule has 0 radical (unpaired) electrons. The van der Waals surface area contributed by atoms with Gasteiger partial charge in [0.25, 0.3) is 0 Å². The van der Waals surface area contributed by atoms with Gasteiger partial charge in [0.2, 0.25) is 5.91 Å². The fourth-order valence-corrected chi connectivity index (χ4v) is 3.96.